The van der Waals surface area contributed by atoms with E-state index in [9.17, 15) is 24.1 Å². The van der Waals surface area contributed by atoms with E-state index in [4.69, 9.17) is 18.5 Å². The van der Waals surface area contributed by atoms with Gasteiger partial charge in [0.05, 0.1) is 25.0 Å². The van der Waals surface area contributed by atoms with Crippen molar-refractivity contribution in [1.82, 2.24) is 24.8 Å². The number of carbonyl (C=O) groups excluding carboxylic acids is 1. The van der Waals surface area contributed by atoms with Gasteiger partial charge in [0.1, 0.15) is 12.1 Å². The third-order valence-electron chi connectivity index (χ3n) is 5.29. The van der Waals surface area contributed by atoms with Gasteiger partial charge < -0.3 is 23.6 Å². The Morgan fingerprint density at radius 1 is 1.23 bits per heavy atom. The van der Waals surface area contributed by atoms with Gasteiger partial charge in [-0.05, 0) is 33.1 Å². The van der Waals surface area contributed by atoms with Gasteiger partial charge in [-0.3, -0.25) is 14.2 Å². The average Bonchev–Trinajstić information content (AvgIpc) is 3.39. The number of fused-ring (bicyclic) bond motifs is 1. The normalized spacial score (nSPS) is 19.2. The Bertz CT molecular complexity index is 1170. The van der Waals surface area contributed by atoms with Gasteiger partial charge in [-0.25, -0.2) is 9.48 Å². The molecule has 3 unspecified atom stereocenters. The summed E-state index contributed by atoms with van der Waals surface area (Å²) in [6, 6.07) is 0. The topological polar surface area (TPSA) is 174 Å². The second-order valence-corrected chi connectivity index (χ2v) is 9.94. The number of hydrogen-bond donors (Lipinski definition) is 1. The summed E-state index contributed by atoms with van der Waals surface area (Å²) in [5.74, 6) is -3.90. The summed E-state index contributed by atoms with van der Waals surface area (Å²) in [5, 5.41) is 22.5. The van der Waals surface area contributed by atoms with E-state index in [0.29, 0.717) is 31.4 Å². The van der Waals surface area contributed by atoms with Crippen LogP contribution in [-0.2, 0) is 39.1 Å². The first-order valence-electron chi connectivity index (χ1n) is 11.4. The molecule has 1 fully saturated rings. The summed E-state index contributed by atoms with van der Waals surface area (Å²) >= 11 is 0. The van der Waals surface area contributed by atoms with Gasteiger partial charge in [-0.15, -0.1) is 5.10 Å². The van der Waals surface area contributed by atoms with E-state index in [2.05, 4.69) is 15.4 Å². The molecular formula is C20H30N5O9P. The highest BCUT2D eigenvalue weighted by Gasteiger charge is 2.45. The highest BCUT2D eigenvalue weighted by atomic mass is 31.2. The van der Waals surface area contributed by atoms with Crippen molar-refractivity contribution in [2.45, 2.75) is 71.5 Å². The van der Waals surface area contributed by atoms with Crippen LogP contribution >= 0.6 is 7.60 Å². The van der Waals surface area contributed by atoms with Gasteiger partial charge in [0.15, 0.2) is 11.7 Å². The summed E-state index contributed by atoms with van der Waals surface area (Å²) in [7, 11) is -4.28. The molecule has 0 spiro atoms. The van der Waals surface area contributed by atoms with E-state index in [0.717, 1.165) is 9.36 Å². The number of rotatable bonds is 12. The fraction of sp³-hybridized carbons (Fsp3) is 0.700. The van der Waals surface area contributed by atoms with Gasteiger partial charge in [0.2, 0.25) is 5.78 Å². The highest BCUT2D eigenvalue weighted by molar-refractivity contribution is 7.55. The Morgan fingerprint density at radius 2 is 1.91 bits per heavy atom. The molecule has 15 heteroatoms. The standard InChI is InChI=1S/C20H30N5O9P/c1-5-8-14-16-17(25(22-14)19(20(28)29)35(30,32-6-2)33-7-3)18(27)24(23-21-16)15-10-9-13(34-15)11-31-12(4)26/h13,15,19H,5-11H2,1-4H3,(H,28,29). The van der Waals surface area contributed by atoms with E-state index < -0.39 is 43.2 Å². The molecule has 1 N–H and O–H groups in total. The molecule has 1 saturated heterocycles. The fourth-order valence-electron chi connectivity index (χ4n) is 3.90. The van der Waals surface area contributed by atoms with Crippen molar-refractivity contribution in [3.63, 3.8) is 0 Å². The lowest BCUT2D eigenvalue weighted by atomic mass is 10.2. The van der Waals surface area contributed by atoms with Gasteiger partial charge in [-0.1, -0.05) is 18.6 Å². The third kappa shape index (κ3) is 5.61. The Hall–Kier alpha value is -2.67. The molecule has 3 rings (SSSR count). The summed E-state index contributed by atoms with van der Waals surface area (Å²) in [5.41, 5.74) is -0.463. The number of carboxylic acid groups (broad SMARTS) is 1. The van der Waals surface area contributed by atoms with E-state index in [1.165, 1.54) is 6.92 Å². The SMILES string of the molecule is CCCc1nn(C(C(=O)O)P(=O)(OCC)OCC)c2c(=O)n(C3CCC(COC(C)=O)O3)nnc12. The molecule has 3 heterocycles. The van der Waals surface area contributed by atoms with Crippen molar-refractivity contribution in [3.05, 3.63) is 16.0 Å². The molecule has 0 amide bonds. The lowest BCUT2D eigenvalue weighted by Crippen LogP contribution is -2.32. The molecule has 194 valence electrons. The summed E-state index contributed by atoms with van der Waals surface area (Å²) in [6.07, 6.45) is 0.662. The molecule has 2 aromatic rings. The second-order valence-electron chi connectivity index (χ2n) is 7.86. The monoisotopic (exact) mass is 515 g/mol. The van der Waals surface area contributed by atoms with Crippen molar-refractivity contribution < 1.29 is 37.8 Å². The summed E-state index contributed by atoms with van der Waals surface area (Å²) in [6.45, 7) is 6.15. The van der Waals surface area contributed by atoms with Crippen LogP contribution in [0.1, 0.15) is 64.7 Å². The van der Waals surface area contributed by atoms with Crippen molar-refractivity contribution in [2.75, 3.05) is 19.8 Å². The second kappa shape index (κ2) is 11.4. The summed E-state index contributed by atoms with van der Waals surface area (Å²) in [4.78, 5) is 37.0. The number of carbonyl (C=O) groups is 2. The molecule has 1 aliphatic rings. The molecule has 0 saturated carbocycles. The highest BCUT2D eigenvalue weighted by Crippen LogP contribution is 2.59. The van der Waals surface area contributed by atoms with Crippen LogP contribution in [0.2, 0.25) is 0 Å². The first-order valence-corrected chi connectivity index (χ1v) is 13.0. The maximum atomic E-state index is 13.6. The number of carboxylic acids is 1. The van der Waals surface area contributed by atoms with Crippen LogP contribution in [0.25, 0.3) is 11.0 Å². The van der Waals surface area contributed by atoms with E-state index >= 15 is 0 Å². The zero-order valence-corrected chi connectivity index (χ0v) is 21.0. The first kappa shape index (κ1) is 26.9. The van der Waals surface area contributed by atoms with Crippen LogP contribution in [0.3, 0.4) is 0 Å². The Balaban J connectivity index is 2.13. The van der Waals surface area contributed by atoms with E-state index in [-0.39, 0.29) is 30.9 Å². The van der Waals surface area contributed by atoms with Crippen LogP contribution in [-0.4, -0.2) is 67.7 Å². The van der Waals surface area contributed by atoms with Crippen LogP contribution in [0.15, 0.2) is 4.79 Å². The maximum absolute atomic E-state index is 13.6. The predicted molar refractivity (Wildman–Crippen MR) is 121 cm³/mol. The minimum Gasteiger partial charge on any atom is -0.479 e. The van der Waals surface area contributed by atoms with Crippen molar-refractivity contribution in [1.29, 1.82) is 0 Å². The van der Waals surface area contributed by atoms with Crippen LogP contribution < -0.4 is 5.56 Å². The third-order valence-corrected chi connectivity index (χ3v) is 7.57. The van der Waals surface area contributed by atoms with Crippen molar-refractivity contribution >= 4 is 30.6 Å². The first-order chi connectivity index (χ1) is 16.7. The molecular weight excluding hydrogens is 485 g/mol. The maximum Gasteiger partial charge on any atom is 0.366 e. The molecule has 0 aliphatic carbocycles. The molecule has 0 radical (unpaired) electrons. The molecule has 14 nitrogen and oxygen atoms in total. The quantitative estimate of drug-likeness (QED) is 0.322. The van der Waals surface area contributed by atoms with Gasteiger partial charge in [0, 0.05) is 6.92 Å². The molecule has 2 aromatic heterocycles. The Kier molecular flexibility index (Phi) is 8.75. The lowest BCUT2D eigenvalue weighted by molar-refractivity contribution is -0.146. The van der Waals surface area contributed by atoms with Crippen LogP contribution in [0.5, 0.6) is 0 Å². The fourth-order valence-corrected chi connectivity index (χ4v) is 5.68. The number of aliphatic carboxylic acids is 1. The van der Waals surface area contributed by atoms with Gasteiger partial charge in [0.25, 0.3) is 5.56 Å². The number of ether oxygens (including phenoxy) is 2. The van der Waals surface area contributed by atoms with E-state index in [1.54, 1.807) is 13.8 Å². The minimum absolute atomic E-state index is 0.0296. The van der Waals surface area contributed by atoms with Crippen molar-refractivity contribution in [2.24, 2.45) is 0 Å². The van der Waals surface area contributed by atoms with Crippen LogP contribution in [0, 0.1) is 0 Å². The minimum atomic E-state index is -4.28. The zero-order valence-electron chi connectivity index (χ0n) is 20.1. The number of nitrogens with zero attached hydrogens (tertiary/aromatic N) is 5. The van der Waals surface area contributed by atoms with E-state index in [1.807, 2.05) is 6.92 Å². The largest absolute Gasteiger partial charge is 0.479 e. The van der Waals surface area contributed by atoms with Gasteiger partial charge in [-0.2, -0.15) is 9.78 Å². The average molecular weight is 515 g/mol. The Morgan fingerprint density at radius 3 is 2.49 bits per heavy atom. The molecule has 1 aliphatic heterocycles. The molecule has 3 atom stereocenters. The number of esters is 1. The molecule has 35 heavy (non-hydrogen) atoms. The van der Waals surface area contributed by atoms with Crippen LogP contribution in [0.4, 0.5) is 0 Å². The van der Waals surface area contributed by atoms with Gasteiger partial charge >= 0.3 is 19.5 Å². The Labute approximate surface area is 201 Å². The molecule has 0 aromatic carbocycles. The number of aryl methyl sites for hydroxylation is 1. The summed E-state index contributed by atoms with van der Waals surface area (Å²) < 4.78 is 36.7. The van der Waals surface area contributed by atoms with Crippen molar-refractivity contribution in [3.8, 4) is 0 Å². The predicted octanol–water partition coefficient (Wildman–Crippen LogP) is 2.03. The number of hydrogen-bond acceptors (Lipinski definition) is 11. The number of aromatic nitrogens is 5. The zero-order chi connectivity index (χ0) is 25.8. The lowest BCUT2D eigenvalue weighted by Gasteiger charge is -2.23. The smallest absolute Gasteiger partial charge is 0.366 e. The molecule has 0 bridgehead atoms.